The molecule has 2 atom stereocenters. The molecule has 6 nitrogen and oxygen atoms in total. The minimum Gasteiger partial charge on any atom is -0.479 e. The fourth-order valence-electron chi connectivity index (χ4n) is 1.51. The molecule has 0 aliphatic heterocycles. The van der Waals surface area contributed by atoms with Gasteiger partial charge in [0.25, 0.3) is 0 Å². The van der Waals surface area contributed by atoms with Gasteiger partial charge in [-0.2, -0.15) is 0 Å². The van der Waals surface area contributed by atoms with Gasteiger partial charge in [0.15, 0.2) is 6.10 Å². The van der Waals surface area contributed by atoms with Gasteiger partial charge in [0, 0.05) is 6.42 Å². The molecule has 0 heterocycles. The third kappa shape index (κ3) is 7.70. The average molecular weight is 246 g/mol. The van der Waals surface area contributed by atoms with Gasteiger partial charge in [-0.05, 0) is 25.3 Å². The van der Waals surface area contributed by atoms with E-state index in [-0.39, 0.29) is 12.5 Å². The maximum atomic E-state index is 11.3. The summed E-state index contributed by atoms with van der Waals surface area (Å²) in [5, 5.41) is 19.7. The smallest absolute Gasteiger partial charge is 0.334 e. The van der Waals surface area contributed by atoms with Gasteiger partial charge in [0.05, 0.1) is 6.54 Å². The first-order valence-corrected chi connectivity index (χ1v) is 5.88. The molecular formula is C11H22N2O4. The zero-order chi connectivity index (χ0) is 13.3. The lowest BCUT2D eigenvalue weighted by molar-refractivity contribution is -0.146. The van der Waals surface area contributed by atoms with Crippen LogP contribution in [-0.2, 0) is 9.59 Å². The highest BCUT2D eigenvalue weighted by atomic mass is 16.4. The number of carboxylic acids is 1. The summed E-state index contributed by atoms with van der Waals surface area (Å²) in [6.07, 6.45) is 1.40. The van der Waals surface area contributed by atoms with Crippen LogP contribution in [0.4, 0.5) is 0 Å². The van der Waals surface area contributed by atoms with Crippen LogP contribution < -0.4 is 11.1 Å². The lowest BCUT2D eigenvalue weighted by atomic mass is 9.96. The molecule has 0 aromatic heterocycles. The van der Waals surface area contributed by atoms with Crippen LogP contribution in [0.15, 0.2) is 0 Å². The fraction of sp³-hybridized carbons (Fsp3) is 0.818. The van der Waals surface area contributed by atoms with Crippen molar-refractivity contribution in [1.29, 1.82) is 0 Å². The van der Waals surface area contributed by atoms with Gasteiger partial charge in [0.1, 0.15) is 0 Å². The highest BCUT2D eigenvalue weighted by Gasteiger charge is 2.14. The molecule has 1 unspecified atom stereocenters. The molecule has 0 fully saturated rings. The summed E-state index contributed by atoms with van der Waals surface area (Å²) in [4.78, 5) is 21.6. The molecule has 100 valence electrons. The maximum absolute atomic E-state index is 11.3. The van der Waals surface area contributed by atoms with Gasteiger partial charge in [-0.25, -0.2) is 4.79 Å². The van der Waals surface area contributed by atoms with Crippen molar-refractivity contribution >= 4 is 11.9 Å². The Morgan fingerprint density at radius 1 is 1.35 bits per heavy atom. The van der Waals surface area contributed by atoms with Crippen molar-refractivity contribution in [2.45, 2.75) is 38.7 Å². The van der Waals surface area contributed by atoms with Gasteiger partial charge in [-0.1, -0.05) is 13.3 Å². The number of carbonyl (C=O) groups is 2. The van der Waals surface area contributed by atoms with Crippen molar-refractivity contribution in [2.75, 3.05) is 13.1 Å². The van der Waals surface area contributed by atoms with Crippen LogP contribution in [0.2, 0.25) is 0 Å². The van der Waals surface area contributed by atoms with Gasteiger partial charge in [0.2, 0.25) is 5.91 Å². The largest absolute Gasteiger partial charge is 0.479 e. The van der Waals surface area contributed by atoms with E-state index in [9.17, 15) is 9.59 Å². The Hall–Kier alpha value is -1.14. The zero-order valence-corrected chi connectivity index (χ0v) is 10.2. The van der Waals surface area contributed by atoms with Crippen molar-refractivity contribution < 1.29 is 19.8 Å². The van der Waals surface area contributed by atoms with Crippen molar-refractivity contribution in [3.63, 3.8) is 0 Å². The van der Waals surface area contributed by atoms with Crippen LogP contribution in [0, 0.1) is 5.92 Å². The molecule has 0 saturated heterocycles. The first-order valence-electron chi connectivity index (χ1n) is 5.88. The predicted molar refractivity (Wildman–Crippen MR) is 63.3 cm³/mol. The molecule has 0 aromatic rings. The number of carbonyl (C=O) groups excluding carboxylic acids is 1. The highest BCUT2D eigenvalue weighted by Crippen LogP contribution is 2.14. The lowest BCUT2D eigenvalue weighted by Gasteiger charge is -2.13. The molecule has 0 rings (SSSR count). The molecule has 1 amide bonds. The second kappa shape index (κ2) is 8.95. The fourth-order valence-corrected chi connectivity index (χ4v) is 1.51. The van der Waals surface area contributed by atoms with E-state index in [1.165, 1.54) is 0 Å². The molecule has 0 spiro atoms. The van der Waals surface area contributed by atoms with Crippen LogP contribution >= 0.6 is 0 Å². The standard InChI is InChI=1S/C11H22N2O4/c1-2-8(5-6-12)3-4-10(15)13-7-9(14)11(16)17/h8-9,14H,2-7,12H2,1H3,(H,13,15)(H,16,17)/t8?,9-/m0/s1. The quantitative estimate of drug-likeness (QED) is 0.446. The van der Waals surface area contributed by atoms with Crippen molar-refractivity contribution in [2.24, 2.45) is 11.7 Å². The summed E-state index contributed by atoms with van der Waals surface area (Å²) in [6, 6.07) is 0. The number of nitrogens with one attached hydrogen (secondary N) is 1. The summed E-state index contributed by atoms with van der Waals surface area (Å²) in [7, 11) is 0. The Labute approximate surface area is 101 Å². The Bertz CT molecular complexity index is 246. The number of nitrogens with two attached hydrogens (primary N) is 1. The second-order valence-corrected chi connectivity index (χ2v) is 4.05. The number of hydrogen-bond donors (Lipinski definition) is 4. The number of aliphatic carboxylic acids is 1. The topological polar surface area (TPSA) is 113 Å². The molecule has 0 aliphatic rings. The average Bonchev–Trinajstić information content (AvgIpc) is 2.31. The Kier molecular flexibility index (Phi) is 8.35. The number of carboxylic acid groups (broad SMARTS) is 1. The third-order valence-corrected chi connectivity index (χ3v) is 2.71. The lowest BCUT2D eigenvalue weighted by Crippen LogP contribution is -2.36. The van der Waals surface area contributed by atoms with Crippen LogP contribution in [0.3, 0.4) is 0 Å². The number of amides is 1. The minimum absolute atomic E-state index is 0.235. The summed E-state index contributed by atoms with van der Waals surface area (Å²) in [5.74, 6) is -1.14. The van der Waals surface area contributed by atoms with Crippen LogP contribution in [0.25, 0.3) is 0 Å². The Morgan fingerprint density at radius 3 is 2.47 bits per heavy atom. The van der Waals surface area contributed by atoms with E-state index in [1.807, 2.05) is 6.92 Å². The third-order valence-electron chi connectivity index (χ3n) is 2.71. The van der Waals surface area contributed by atoms with E-state index in [4.69, 9.17) is 15.9 Å². The normalized spacial score (nSPS) is 14.1. The first-order chi connectivity index (χ1) is 8.01. The predicted octanol–water partition coefficient (Wildman–Crippen LogP) is -0.297. The minimum atomic E-state index is -1.54. The van der Waals surface area contributed by atoms with Gasteiger partial charge in [-0.3, -0.25) is 4.79 Å². The molecule has 0 saturated carbocycles. The molecule has 0 radical (unpaired) electrons. The van der Waals surface area contributed by atoms with Crippen LogP contribution in [0.5, 0.6) is 0 Å². The highest BCUT2D eigenvalue weighted by molar-refractivity contribution is 5.77. The second-order valence-electron chi connectivity index (χ2n) is 4.05. The van der Waals surface area contributed by atoms with E-state index in [1.54, 1.807) is 0 Å². The van der Waals surface area contributed by atoms with Crippen LogP contribution in [0.1, 0.15) is 32.6 Å². The van der Waals surface area contributed by atoms with Crippen molar-refractivity contribution in [3.8, 4) is 0 Å². The van der Waals surface area contributed by atoms with Gasteiger partial charge >= 0.3 is 5.97 Å². The SMILES string of the molecule is CCC(CCN)CCC(=O)NC[C@H](O)C(=O)O. The Balaban J connectivity index is 3.75. The van der Waals surface area contributed by atoms with Crippen LogP contribution in [-0.4, -0.2) is 41.3 Å². The summed E-state index contributed by atoms with van der Waals surface area (Å²) < 4.78 is 0. The molecule has 0 aromatic carbocycles. The summed E-state index contributed by atoms with van der Waals surface area (Å²) in [5.41, 5.74) is 5.44. The van der Waals surface area contributed by atoms with E-state index < -0.39 is 12.1 Å². The van der Waals surface area contributed by atoms with Gasteiger partial charge < -0.3 is 21.3 Å². The van der Waals surface area contributed by atoms with E-state index >= 15 is 0 Å². The van der Waals surface area contributed by atoms with Gasteiger partial charge in [-0.15, -0.1) is 0 Å². The summed E-state index contributed by atoms with van der Waals surface area (Å²) in [6.45, 7) is 2.41. The maximum Gasteiger partial charge on any atom is 0.334 e. The monoisotopic (exact) mass is 246 g/mol. The molecule has 0 bridgehead atoms. The molecular weight excluding hydrogens is 224 g/mol. The van der Waals surface area contributed by atoms with Crippen molar-refractivity contribution in [3.05, 3.63) is 0 Å². The van der Waals surface area contributed by atoms with Crippen molar-refractivity contribution in [1.82, 2.24) is 5.32 Å². The first kappa shape index (κ1) is 15.9. The number of aliphatic hydroxyl groups is 1. The molecule has 0 aliphatic carbocycles. The van der Waals surface area contributed by atoms with E-state index in [2.05, 4.69) is 5.32 Å². The number of aliphatic hydroxyl groups excluding tert-OH is 1. The number of hydrogen-bond acceptors (Lipinski definition) is 4. The molecule has 17 heavy (non-hydrogen) atoms. The Morgan fingerprint density at radius 2 is 2.00 bits per heavy atom. The number of rotatable bonds is 9. The summed E-state index contributed by atoms with van der Waals surface area (Å²) >= 11 is 0. The zero-order valence-electron chi connectivity index (χ0n) is 10.2. The van der Waals surface area contributed by atoms with E-state index in [0.29, 0.717) is 18.9 Å². The molecule has 6 heteroatoms. The molecule has 5 N–H and O–H groups in total. The van der Waals surface area contributed by atoms with E-state index in [0.717, 1.165) is 19.3 Å².